The quantitative estimate of drug-likeness (QED) is 0.835. The van der Waals surface area contributed by atoms with E-state index in [1.165, 1.54) is 11.1 Å². The number of carbonyl (C=O) groups is 1. The molecule has 0 heterocycles. The van der Waals surface area contributed by atoms with E-state index in [4.69, 9.17) is 4.74 Å². The standard InChI is InChI=1S/C20H25NO2/c1-15(2)17-9-11-19(12-10-17)23-14-20(22)21-13-16(3)18-7-5-4-6-8-18/h4-12,15-16H,13-14H2,1-3H3,(H,21,22)/t16-/m0/s1. The van der Waals surface area contributed by atoms with Crippen molar-refractivity contribution in [3.63, 3.8) is 0 Å². The largest absolute Gasteiger partial charge is 0.484 e. The number of rotatable bonds is 7. The van der Waals surface area contributed by atoms with Crippen LogP contribution in [-0.2, 0) is 4.79 Å². The van der Waals surface area contributed by atoms with E-state index >= 15 is 0 Å². The highest BCUT2D eigenvalue weighted by Gasteiger charge is 2.08. The Kier molecular flexibility index (Phi) is 6.21. The molecule has 2 rings (SSSR count). The maximum atomic E-state index is 11.9. The molecule has 0 radical (unpaired) electrons. The van der Waals surface area contributed by atoms with Crippen LogP contribution in [-0.4, -0.2) is 19.1 Å². The summed E-state index contributed by atoms with van der Waals surface area (Å²) in [4.78, 5) is 11.9. The summed E-state index contributed by atoms with van der Waals surface area (Å²) in [6, 6.07) is 18.1. The molecule has 0 aliphatic rings. The molecule has 0 saturated carbocycles. The molecule has 122 valence electrons. The monoisotopic (exact) mass is 311 g/mol. The topological polar surface area (TPSA) is 38.3 Å². The third-order valence-corrected chi connectivity index (χ3v) is 3.89. The van der Waals surface area contributed by atoms with Crippen LogP contribution < -0.4 is 10.1 Å². The third-order valence-electron chi connectivity index (χ3n) is 3.89. The molecule has 2 aromatic carbocycles. The van der Waals surface area contributed by atoms with Crippen LogP contribution in [0, 0.1) is 0 Å². The Morgan fingerprint density at radius 2 is 1.61 bits per heavy atom. The fourth-order valence-electron chi connectivity index (χ4n) is 2.32. The zero-order chi connectivity index (χ0) is 16.7. The summed E-state index contributed by atoms with van der Waals surface area (Å²) >= 11 is 0. The average molecular weight is 311 g/mol. The van der Waals surface area contributed by atoms with E-state index < -0.39 is 0 Å². The first-order valence-corrected chi connectivity index (χ1v) is 8.10. The van der Waals surface area contributed by atoms with Crippen molar-refractivity contribution in [2.75, 3.05) is 13.2 Å². The first-order chi connectivity index (χ1) is 11.1. The normalized spacial score (nSPS) is 12.0. The second-order valence-electron chi connectivity index (χ2n) is 6.13. The Labute approximate surface area is 138 Å². The van der Waals surface area contributed by atoms with Gasteiger partial charge in [-0.3, -0.25) is 4.79 Å². The highest BCUT2D eigenvalue weighted by Crippen LogP contribution is 2.18. The lowest BCUT2D eigenvalue weighted by Gasteiger charge is -2.13. The second kappa shape index (κ2) is 8.37. The van der Waals surface area contributed by atoms with Crippen molar-refractivity contribution in [1.82, 2.24) is 5.32 Å². The van der Waals surface area contributed by atoms with Crippen molar-refractivity contribution in [1.29, 1.82) is 0 Å². The highest BCUT2D eigenvalue weighted by molar-refractivity contribution is 5.77. The van der Waals surface area contributed by atoms with Crippen LogP contribution in [0.3, 0.4) is 0 Å². The molecule has 0 aromatic heterocycles. The first-order valence-electron chi connectivity index (χ1n) is 8.10. The summed E-state index contributed by atoms with van der Waals surface area (Å²) in [5, 5.41) is 2.92. The van der Waals surface area contributed by atoms with Gasteiger partial charge in [0.15, 0.2) is 6.61 Å². The zero-order valence-electron chi connectivity index (χ0n) is 14.1. The molecule has 0 bridgehead atoms. The minimum Gasteiger partial charge on any atom is -0.484 e. The third kappa shape index (κ3) is 5.44. The van der Waals surface area contributed by atoms with Gasteiger partial charge in [0.2, 0.25) is 0 Å². The smallest absolute Gasteiger partial charge is 0.257 e. The molecule has 1 atom stereocenters. The SMILES string of the molecule is CC(C)c1ccc(OCC(=O)NC[C@H](C)c2ccccc2)cc1. The van der Waals surface area contributed by atoms with Gasteiger partial charge in [-0.25, -0.2) is 0 Å². The van der Waals surface area contributed by atoms with Crippen LogP contribution in [0.1, 0.15) is 43.7 Å². The van der Waals surface area contributed by atoms with Crippen molar-refractivity contribution in [3.05, 3.63) is 65.7 Å². The second-order valence-corrected chi connectivity index (χ2v) is 6.13. The number of amides is 1. The summed E-state index contributed by atoms with van der Waals surface area (Å²) in [7, 11) is 0. The Bertz CT molecular complexity index is 605. The molecule has 2 aromatic rings. The summed E-state index contributed by atoms with van der Waals surface area (Å²) in [6.07, 6.45) is 0. The maximum absolute atomic E-state index is 11.9. The van der Waals surface area contributed by atoms with Crippen LogP contribution in [0.5, 0.6) is 5.75 Å². The first kappa shape index (κ1) is 17.1. The Hall–Kier alpha value is -2.29. The minimum absolute atomic E-state index is 0.0442. The number of benzene rings is 2. The molecular weight excluding hydrogens is 286 g/mol. The van der Waals surface area contributed by atoms with E-state index in [-0.39, 0.29) is 18.4 Å². The van der Waals surface area contributed by atoms with Gasteiger partial charge in [-0.05, 0) is 35.1 Å². The lowest BCUT2D eigenvalue weighted by Crippen LogP contribution is -2.31. The lowest BCUT2D eigenvalue weighted by molar-refractivity contribution is -0.123. The van der Waals surface area contributed by atoms with Crippen molar-refractivity contribution < 1.29 is 9.53 Å². The molecule has 0 unspecified atom stereocenters. The Morgan fingerprint density at radius 3 is 2.22 bits per heavy atom. The van der Waals surface area contributed by atoms with Crippen molar-refractivity contribution in [2.24, 2.45) is 0 Å². The van der Waals surface area contributed by atoms with E-state index in [1.807, 2.05) is 42.5 Å². The van der Waals surface area contributed by atoms with Crippen LogP contribution in [0.25, 0.3) is 0 Å². The van der Waals surface area contributed by atoms with E-state index in [2.05, 4.69) is 38.2 Å². The molecule has 1 N–H and O–H groups in total. The summed E-state index contributed by atoms with van der Waals surface area (Å²) < 4.78 is 5.53. The van der Waals surface area contributed by atoms with Gasteiger partial charge >= 0.3 is 0 Å². The molecule has 0 aliphatic heterocycles. The van der Waals surface area contributed by atoms with Gasteiger partial charge < -0.3 is 10.1 Å². The maximum Gasteiger partial charge on any atom is 0.257 e. The van der Waals surface area contributed by atoms with Gasteiger partial charge in [-0.1, -0.05) is 63.2 Å². The average Bonchev–Trinajstić information content (AvgIpc) is 2.59. The molecule has 0 aliphatic carbocycles. The summed E-state index contributed by atoms with van der Waals surface area (Å²) in [5.41, 5.74) is 2.48. The van der Waals surface area contributed by atoms with Gasteiger partial charge in [0, 0.05) is 6.54 Å². The van der Waals surface area contributed by atoms with Crippen molar-refractivity contribution in [3.8, 4) is 5.75 Å². The van der Waals surface area contributed by atoms with Gasteiger partial charge in [-0.2, -0.15) is 0 Å². The number of hydrogen-bond acceptors (Lipinski definition) is 2. The molecule has 23 heavy (non-hydrogen) atoms. The van der Waals surface area contributed by atoms with Crippen LogP contribution in [0.2, 0.25) is 0 Å². The number of nitrogens with one attached hydrogen (secondary N) is 1. The van der Waals surface area contributed by atoms with Gasteiger partial charge in [0.25, 0.3) is 5.91 Å². The van der Waals surface area contributed by atoms with Crippen molar-refractivity contribution >= 4 is 5.91 Å². The molecular formula is C20H25NO2. The van der Waals surface area contributed by atoms with Gasteiger partial charge in [-0.15, -0.1) is 0 Å². The van der Waals surface area contributed by atoms with Gasteiger partial charge in [0.05, 0.1) is 0 Å². The summed E-state index contributed by atoms with van der Waals surface area (Å²) in [6.45, 7) is 7.05. The van der Waals surface area contributed by atoms with E-state index in [0.29, 0.717) is 12.5 Å². The molecule has 0 saturated heterocycles. The van der Waals surface area contributed by atoms with Crippen LogP contribution in [0.15, 0.2) is 54.6 Å². The fourth-order valence-corrected chi connectivity index (χ4v) is 2.32. The van der Waals surface area contributed by atoms with Crippen LogP contribution in [0.4, 0.5) is 0 Å². The predicted molar refractivity (Wildman–Crippen MR) is 93.9 cm³/mol. The van der Waals surface area contributed by atoms with E-state index in [1.54, 1.807) is 0 Å². The number of hydrogen-bond donors (Lipinski definition) is 1. The van der Waals surface area contributed by atoms with E-state index in [9.17, 15) is 4.79 Å². The highest BCUT2D eigenvalue weighted by atomic mass is 16.5. The summed E-state index contributed by atoms with van der Waals surface area (Å²) in [5.74, 6) is 1.40. The molecule has 3 heteroatoms. The molecule has 3 nitrogen and oxygen atoms in total. The number of ether oxygens (including phenoxy) is 1. The Morgan fingerprint density at radius 1 is 0.957 bits per heavy atom. The van der Waals surface area contributed by atoms with Gasteiger partial charge in [0.1, 0.15) is 5.75 Å². The Balaban J connectivity index is 1.74. The predicted octanol–water partition coefficient (Wildman–Crippen LogP) is 4.11. The van der Waals surface area contributed by atoms with Crippen LogP contribution >= 0.6 is 0 Å². The lowest BCUT2D eigenvalue weighted by atomic mass is 10.0. The number of carbonyl (C=O) groups excluding carboxylic acids is 1. The fraction of sp³-hybridized carbons (Fsp3) is 0.350. The van der Waals surface area contributed by atoms with E-state index in [0.717, 1.165) is 5.75 Å². The molecule has 0 spiro atoms. The molecule has 1 amide bonds. The zero-order valence-corrected chi connectivity index (χ0v) is 14.1. The minimum atomic E-state index is -0.0966. The van der Waals surface area contributed by atoms with Crippen molar-refractivity contribution in [2.45, 2.75) is 32.6 Å². The molecule has 0 fully saturated rings.